The summed E-state index contributed by atoms with van der Waals surface area (Å²) in [6, 6.07) is 11.6. The van der Waals surface area contributed by atoms with E-state index < -0.39 is 5.82 Å². The zero-order valence-corrected chi connectivity index (χ0v) is 15.6. The normalized spacial score (nSPS) is 15.0. The van der Waals surface area contributed by atoms with E-state index in [0.717, 1.165) is 31.7 Å². The summed E-state index contributed by atoms with van der Waals surface area (Å²) in [6.07, 6.45) is 1.84. The van der Waals surface area contributed by atoms with Gasteiger partial charge >= 0.3 is 0 Å². The van der Waals surface area contributed by atoms with Crippen LogP contribution >= 0.6 is 0 Å². The fraction of sp³-hybridized carbons (Fsp3) is 0.333. The molecule has 0 bridgehead atoms. The predicted molar refractivity (Wildman–Crippen MR) is 105 cm³/mol. The van der Waals surface area contributed by atoms with Gasteiger partial charge in [-0.05, 0) is 49.9 Å². The van der Waals surface area contributed by atoms with Crippen molar-refractivity contribution < 1.29 is 4.39 Å². The van der Waals surface area contributed by atoms with Crippen molar-refractivity contribution in [3.05, 3.63) is 64.1 Å². The average Bonchev–Trinajstić information content (AvgIpc) is 2.71. The van der Waals surface area contributed by atoms with Crippen LogP contribution in [0.15, 0.2) is 41.2 Å². The fourth-order valence-electron chi connectivity index (χ4n) is 3.78. The van der Waals surface area contributed by atoms with Crippen LogP contribution in [0, 0.1) is 30.0 Å². The van der Waals surface area contributed by atoms with E-state index in [-0.39, 0.29) is 5.56 Å². The number of anilines is 1. The van der Waals surface area contributed by atoms with Crippen LogP contribution in [-0.2, 0) is 6.54 Å². The second kappa shape index (κ2) is 7.39. The first-order chi connectivity index (χ1) is 13.5. The van der Waals surface area contributed by atoms with Gasteiger partial charge in [0.25, 0.3) is 5.56 Å². The lowest BCUT2D eigenvalue weighted by molar-refractivity contribution is 0.348. The molecule has 3 heterocycles. The minimum absolute atomic E-state index is 0.117. The summed E-state index contributed by atoms with van der Waals surface area (Å²) in [7, 11) is 0. The van der Waals surface area contributed by atoms with Gasteiger partial charge in [-0.25, -0.2) is 14.4 Å². The van der Waals surface area contributed by atoms with Crippen molar-refractivity contribution in [2.24, 2.45) is 5.92 Å². The molecule has 28 heavy (non-hydrogen) atoms. The lowest BCUT2D eigenvalue weighted by atomic mass is 9.96. The molecule has 0 radical (unpaired) electrons. The van der Waals surface area contributed by atoms with Crippen LogP contribution in [0.25, 0.3) is 10.9 Å². The highest BCUT2D eigenvalue weighted by molar-refractivity contribution is 5.77. The minimum atomic E-state index is -0.391. The van der Waals surface area contributed by atoms with E-state index in [9.17, 15) is 9.18 Å². The van der Waals surface area contributed by atoms with Gasteiger partial charge in [-0.3, -0.25) is 9.36 Å². The molecule has 1 aliphatic heterocycles. The largest absolute Gasteiger partial charge is 0.357 e. The molecule has 1 aliphatic rings. The van der Waals surface area contributed by atoms with E-state index >= 15 is 0 Å². The lowest BCUT2D eigenvalue weighted by Gasteiger charge is -2.33. The maximum Gasteiger partial charge on any atom is 0.261 e. The van der Waals surface area contributed by atoms with E-state index in [0.29, 0.717) is 34.9 Å². The smallest absolute Gasteiger partial charge is 0.261 e. The Hall–Kier alpha value is -3.27. The van der Waals surface area contributed by atoms with Gasteiger partial charge in [0.05, 0.1) is 10.9 Å². The van der Waals surface area contributed by atoms with E-state index in [2.05, 4.69) is 20.9 Å². The van der Waals surface area contributed by atoms with Crippen LogP contribution in [0.5, 0.6) is 0 Å². The van der Waals surface area contributed by atoms with E-state index in [1.165, 1.54) is 18.2 Å². The highest BCUT2D eigenvalue weighted by Gasteiger charge is 2.22. The molecule has 1 saturated heterocycles. The summed E-state index contributed by atoms with van der Waals surface area (Å²) < 4.78 is 15.1. The maximum absolute atomic E-state index is 13.4. The summed E-state index contributed by atoms with van der Waals surface area (Å²) in [5.41, 5.74) is 0.700. The van der Waals surface area contributed by atoms with Gasteiger partial charge in [0.2, 0.25) is 0 Å². The molecule has 2 aromatic heterocycles. The van der Waals surface area contributed by atoms with Crippen molar-refractivity contribution >= 4 is 16.7 Å². The highest BCUT2D eigenvalue weighted by Crippen LogP contribution is 2.23. The molecular weight excluding hydrogens is 357 g/mol. The third-order valence-corrected chi connectivity index (χ3v) is 5.34. The first-order valence-corrected chi connectivity index (χ1v) is 9.34. The molecule has 142 valence electrons. The molecular formula is C21H20FN5O. The Morgan fingerprint density at radius 2 is 2.00 bits per heavy atom. The SMILES string of the molecule is Cc1nc2cc(F)ccc2c(=O)n1CC1CCN(c2cccc(C#N)n2)CC1. The molecule has 0 spiro atoms. The average molecular weight is 377 g/mol. The molecule has 0 aliphatic carbocycles. The number of benzene rings is 1. The number of nitriles is 1. The van der Waals surface area contributed by atoms with Gasteiger partial charge in [0.1, 0.15) is 29.2 Å². The molecule has 0 atom stereocenters. The van der Waals surface area contributed by atoms with Gasteiger partial charge in [-0.2, -0.15) is 5.26 Å². The Morgan fingerprint density at radius 3 is 2.75 bits per heavy atom. The first kappa shape index (κ1) is 18.1. The summed E-state index contributed by atoms with van der Waals surface area (Å²) in [5, 5.41) is 9.47. The molecule has 7 heteroatoms. The monoisotopic (exact) mass is 377 g/mol. The molecule has 0 saturated carbocycles. The Bertz CT molecular complexity index is 1130. The number of rotatable bonds is 3. The van der Waals surface area contributed by atoms with Crippen molar-refractivity contribution in [1.82, 2.24) is 14.5 Å². The van der Waals surface area contributed by atoms with Gasteiger partial charge in [0, 0.05) is 25.7 Å². The third kappa shape index (κ3) is 3.46. The number of aryl methyl sites for hydroxylation is 1. The molecule has 0 N–H and O–H groups in total. The quantitative estimate of drug-likeness (QED) is 0.701. The van der Waals surface area contributed by atoms with Crippen LogP contribution in [0.4, 0.5) is 10.2 Å². The number of piperidine rings is 1. The second-order valence-corrected chi connectivity index (χ2v) is 7.16. The molecule has 0 unspecified atom stereocenters. The fourth-order valence-corrected chi connectivity index (χ4v) is 3.78. The summed E-state index contributed by atoms with van der Waals surface area (Å²) >= 11 is 0. The lowest BCUT2D eigenvalue weighted by Crippen LogP contribution is -2.37. The molecule has 3 aromatic rings. The Morgan fingerprint density at radius 1 is 1.21 bits per heavy atom. The Kier molecular flexibility index (Phi) is 4.78. The second-order valence-electron chi connectivity index (χ2n) is 7.16. The number of fused-ring (bicyclic) bond motifs is 1. The standard InChI is InChI=1S/C21H20FN5O/c1-14-24-19-11-16(22)5-6-18(19)21(28)27(14)13-15-7-9-26(10-8-15)20-4-2-3-17(12-23)25-20/h2-6,11,15H,7-10,13H2,1H3. The van der Waals surface area contributed by atoms with Gasteiger partial charge in [-0.1, -0.05) is 6.07 Å². The Labute approximate surface area is 161 Å². The van der Waals surface area contributed by atoms with E-state index in [1.807, 2.05) is 12.1 Å². The number of halogens is 1. The summed E-state index contributed by atoms with van der Waals surface area (Å²) in [4.78, 5) is 23.8. The van der Waals surface area contributed by atoms with Crippen molar-refractivity contribution in [2.75, 3.05) is 18.0 Å². The summed E-state index contributed by atoms with van der Waals surface area (Å²) in [5.74, 6) is 1.39. The molecule has 1 fully saturated rings. The highest BCUT2D eigenvalue weighted by atomic mass is 19.1. The van der Waals surface area contributed by atoms with Crippen LogP contribution < -0.4 is 10.5 Å². The number of hydrogen-bond acceptors (Lipinski definition) is 5. The van der Waals surface area contributed by atoms with Crippen LogP contribution in [0.2, 0.25) is 0 Å². The summed E-state index contributed by atoms with van der Waals surface area (Å²) in [6.45, 7) is 4.04. The topological polar surface area (TPSA) is 74.8 Å². The van der Waals surface area contributed by atoms with Crippen molar-refractivity contribution in [2.45, 2.75) is 26.3 Å². The number of pyridine rings is 1. The molecule has 1 aromatic carbocycles. The number of aromatic nitrogens is 3. The maximum atomic E-state index is 13.4. The van der Waals surface area contributed by atoms with Crippen LogP contribution in [0.3, 0.4) is 0 Å². The third-order valence-electron chi connectivity index (χ3n) is 5.34. The Balaban J connectivity index is 1.50. The van der Waals surface area contributed by atoms with Gasteiger partial charge < -0.3 is 4.90 Å². The minimum Gasteiger partial charge on any atom is -0.357 e. The predicted octanol–water partition coefficient (Wildman–Crippen LogP) is 3.03. The molecule has 0 amide bonds. The number of nitrogens with zero attached hydrogens (tertiary/aromatic N) is 5. The van der Waals surface area contributed by atoms with Crippen molar-refractivity contribution in [3.8, 4) is 6.07 Å². The van der Waals surface area contributed by atoms with Gasteiger partial charge in [0.15, 0.2) is 0 Å². The van der Waals surface area contributed by atoms with Gasteiger partial charge in [-0.15, -0.1) is 0 Å². The molecule has 6 nitrogen and oxygen atoms in total. The van der Waals surface area contributed by atoms with Crippen molar-refractivity contribution in [1.29, 1.82) is 5.26 Å². The van der Waals surface area contributed by atoms with E-state index in [4.69, 9.17) is 5.26 Å². The molecule has 4 rings (SSSR count). The zero-order valence-electron chi connectivity index (χ0n) is 15.6. The van der Waals surface area contributed by atoms with E-state index in [1.54, 1.807) is 17.6 Å². The van der Waals surface area contributed by atoms with Crippen LogP contribution in [-0.4, -0.2) is 27.6 Å². The number of hydrogen-bond donors (Lipinski definition) is 0. The zero-order chi connectivity index (χ0) is 19.7. The van der Waals surface area contributed by atoms with Crippen molar-refractivity contribution in [3.63, 3.8) is 0 Å². The van der Waals surface area contributed by atoms with Crippen LogP contribution in [0.1, 0.15) is 24.4 Å². The first-order valence-electron chi connectivity index (χ1n) is 9.34.